The number of ketones is 2. The largest absolute Gasteiger partial charge is 0.330 e. The van der Waals surface area contributed by atoms with E-state index in [1.54, 1.807) is 7.05 Å². The SMILES string of the molecule is CN1C(=O)C2C(=O)C(=O)C(C(=N)SC(=N)Cc3ccc(F)cc3F)=C[N+]2(C)C12CCC(C(=O)N1CC(F)(F)C1)CC2. The van der Waals surface area contributed by atoms with Crippen LogP contribution in [0.1, 0.15) is 31.2 Å². The van der Waals surface area contributed by atoms with E-state index in [4.69, 9.17) is 10.8 Å². The molecule has 1 saturated carbocycles. The van der Waals surface area contributed by atoms with Gasteiger partial charge in [-0.15, -0.1) is 0 Å². The van der Waals surface area contributed by atoms with Crippen LogP contribution in [0.5, 0.6) is 0 Å². The molecule has 0 radical (unpaired) electrons. The average molecular weight is 595 g/mol. The maximum atomic E-state index is 14.1. The number of amides is 2. The molecule has 2 N–H and O–H groups in total. The van der Waals surface area contributed by atoms with Gasteiger partial charge in [-0.3, -0.25) is 39.4 Å². The fraction of sp³-hybridized carbons (Fsp3) is 0.481. The zero-order valence-corrected chi connectivity index (χ0v) is 23.1. The molecule has 218 valence electrons. The van der Waals surface area contributed by atoms with Crippen molar-refractivity contribution in [3.63, 3.8) is 0 Å². The fourth-order valence-electron chi connectivity index (χ4n) is 6.60. The van der Waals surface area contributed by atoms with E-state index < -0.39 is 70.8 Å². The first-order valence-corrected chi connectivity index (χ1v) is 13.8. The van der Waals surface area contributed by atoms with Crippen LogP contribution in [0.2, 0.25) is 0 Å². The lowest BCUT2D eigenvalue weighted by Gasteiger charge is -2.51. The summed E-state index contributed by atoms with van der Waals surface area (Å²) in [6.45, 7) is -1.24. The first-order chi connectivity index (χ1) is 19.1. The number of rotatable bonds is 4. The Morgan fingerprint density at radius 1 is 1.12 bits per heavy atom. The van der Waals surface area contributed by atoms with Gasteiger partial charge in [0, 0.05) is 38.3 Å². The summed E-state index contributed by atoms with van der Waals surface area (Å²) in [6.07, 6.45) is 2.21. The van der Waals surface area contributed by atoms with Gasteiger partial charge in [-0.25, -0.2) is 17.6 Å². The molecule has 1 aromatic rings. The molecule has 3 aliphatic heterocycles. The van der Waals surface area contributed by atoms with E-state index in [0.29, 0.717) is 17.8 Å². The number of nitrogens with one attached hydrogen (secondary N) is 2. The summed E-state index contributed by atoms with van der Waals surface area (Å²) < 4.78 is 53.6. The minimum atomic E-state index is -2.89. The predicted octanol–water partition coefficient (Wildman–Crippen LogP) is 2.88. The number of thioether (sulfide) groups is 1. The maximum absolute atomic E-state index is 14.1. The molecule has 2 saturated heterocycles. The molecule has 2 atom stereocenters. The molecule has 1 aliphatic carbocycles. The van der Waals surface area contributed by atoms with Gasteiger partial charge in [0.1, 0.15) is 28.5 Å². The molecular weight excluding hydrogens is 566 g/mol. The van der Waals surface area contributed by atoms with Crippen molar-refractivity contribution in [2.24, 2.45) is 5.92 Å². The molecule has 1 spiro atoms. The molecule has 3 heterocycles. The molecule has 3 fully saturated rings. The Hall–Kier alpha value is -3.39. The van der Waals surface area contributed by atoms with Gasteiger partial charge in [0.2, 0.25) is 17.7 Å². The summed E-state index contributed by atoms with van der Waals surface area (Å²) in [5, 5.41) is 16.1. The molecule has 5 rings (SSSR count). The summed E-state index contributed by atoms with van der Waals surface area (Å²) in [5.74, 6) is -7.99. The summed E-state index contributed by atoms with van der Waals surface area (Å²) in [5.41, 5.74) is -1.28. The van der Waals surface area contributed by atoms with E-state index in [2.05, 4.69) is 0 Å². The summed E-state index contributed by atoms with van der Waals surface area (Å²) in [7, 11) is 3.15. The maximum Gasteiger partial charge on any atom is 0.294 e. The lowest BCUT2D eigenvalue weighted by Crippen LogP contribution is -2.67. The Labute approximate surface area is 237 Å². The van der Waals surface area contributed by atoms with Crippen molar-refractivity contribution < 1.29 is 41.2 Å². The normalized spacial score (nSPS) is 30.7. The fourth-order valence-corrected chi connectivity index (χ4v) is 7.33. The second kappa shape index (κ2) is 9.86. The Morgan fingerprint density at radius 2 is 1.76 bits per heavy atom. The van der Waals surface area contributed by atoms with Crippen LogP contribution in [0.4, 0.5) is 17.6 Å². The Kier molecular flexibility index (Phi) is 7.00. The van der Waals surface area contributed by atoms with Crippen molar-refractivity contribution in [1.29, 1.82) is 10.8 Å². The van der Waals surface area contributed by atoms with Crippen LogP contribution in [-0.2, 0) is 25.6 Å². The molecule has 4 aliphatic rings. The lowest BCUT2D eigenvalue weighted by molar-refractivity contribution is -0.921. The monoisotopic (exact) mass is 594 g/mol. The quantitative estimate of drug-likeness (QED) is 0.139. The van der Waals surface area contributed by atoms with Crippen molar-refractivity contribution in [1.82, 2.24) is 9.80 Å². The molecule has 0 bridgehead atoms. The van der Waals surface area contributed by atoms with E-state index in [1.165, 1.54) is 24.2 Å². The highest BCUT2D eigenvalue weighted by atomic mass is 32.2. The van der Waals surface area contributed by atoms with Gasteiger partial charge >= 0.3 is 0 Å². The highest BCUT2D eigenvalue weighted by Gasteiger charge is 2.71. The Balaban J connectivity index is 1.38. The molecule has 2 amide bonds. The van der Waals surface area contributed by atoms with Crippen LogP contribution < -0.4 is 0 Å². The first kappa shape index (κ1) is 29.1. The number of Topliss-reactive ketones (excluding diaryl/α,β-unsaturated/α-hetero) is 2. The number of nitrogens with zero attached hydrogens (tertiary/aromatic N) is 3. The van der Waals surface area contributed by atoms with Crippen molar-refractivity contribution in [2.75, 3.05) is 27.2 Å². The highest BCUT2D eigenvalue weighted by Crippen LogP contribution is 2.51. The van der Waals surface area contributed by atoms with Crippen LogP contribution in [0, 0.1) is 28.4 Å². The average Bonchev–Trinajstić information content (AvgIpc) is 3.04. The minimum Gasteiger partial charge on any atom is -0.330 e. The first-order valence-electron chi connectivity index (χ1n) is 13.0. The molecule has 9 nitrogen and oxygen atoms in total. The van der Waals surface area contributed by atoms with Crippen LogP contribution in [0.15, 0.2) is 30.0 Å². The number of alkyl halides is 2. The number of carbonyl (C=O) groups excluding carboxylic acids is 4. The Bertz CT molecular complexity index is 1430. The topological polar surface area (TPSA) is 122 Å². The summed E-state index contributed by atoms with van der Waals surface area (Å²) >= 11 is 0.550. The third kappa shape index (κ3) is 4.60. The molecule has 2 unspecified atom stereocenters. The number of carbonyl (C=O) groups is 4. The summed E-state index contributed by atoms with van der Waals surface area (Å²) in [4.78, 5) is 55.1. The smallest absolute Gasteiger partial charge is 0.294 e. The highest BCUT2D eigenvalue weighted by molar-refractivity contribution is 8.26. The van der Waals surface area contributed by atoms with Gasteiger partial charge in [-0.2, -0.15) is 0 Å². The second-order valence-corrected chi connectivity index (χ2v) is 12.4. The van der Waals surface area contributed by atoms with Gasteiger partial charge < -0.3 is 4.90 Å². The van der Waals surface area contributed by atoms with Gasteiger partial charge in [-0.1, -0.05) is 17.8 Å². The van der Waals surface area contributed by atoms with Crippen molar-refractivity contribution in [2.45, 2.75) is 49.7 Å². The zero-order chi connectivity index (χ0) is 30.1. The molecule has 1 aromatic carbocycles. The molecular formula is C27H28F4N5O4S+. The van der Waals surface area contributed by atoms with Crippen molar-refractivity contribution in [3.8, 4) is 0 Å². The van der Waals surface area contributed by atoms with Gasteiger partial charge in [0.25, 0.3) is 17.6 Å². The molecule has 14 heteroatoms. The number of halogens is 4. The van der Waals surface area contributed by atoms with Crippen LogP contribution in [0.3, 0.4) is 0 Å². The number of hydrogen-bond donors (Lipinski definition) is 2. The molecule has 0 aromatic heterocycles. The number of hydrogen-bond acceptors (Lipinski definition) is 7. The third-order valence-corrected chi connectivity index (χ3v) is 9.68. The van der Waals surface area contributed by atoms with E-state index in [9.17, 15) is 36.7 Å². The van der Waals surface area contributed by atoms with E-state index >= 15 is 0 Å². The number of fused-ring (bicyclic) bond motifs is 2. The van der Waals surface area contributed by atoms with Gasteiger partial charge in [0.05, 0.1) is 25.2 Å². The number of quaternary nitrogens is 1. The Morgan fingerprint density at radius 3 is 2.34 bits per heavy atom. The number of benzene rings is 1. The second-order valence-electron chi connectivity index (χ2n) is 11.3. The van der Waals surface area contributed by atoms with Gasteiger partial charge in [-0.05, 0) is 24.5 Å². The number of likely N-dealkylation sites (N-methyl/N-ethyl adjacent to an activating group) is 2. The van der Waals surface area contributed by atoms with Crippen molar-refractivity contribution >= 4 is 45.2 Å². The predicted molar refractivity (Wildman–Crippen MR) is 140 cm³/mol. The van der Waals surface area contributed by atoms with Crippen LogP contribution in [0.25, 0.3) is 0 Å². The summed E-state index contributed by atoms with van der Waals surface area (Å²) in [6, 6.07) is 1.53. The third-order valence-electron chi connectivity index (χ3n) is 8.86. The molecule has 41 heavy (non-hydrogen) atoms. The van der Waals surface area contributed by atoms with Gasteiger partial charge in [0.15, 0.2) is 5.66 Å². The van der Waals surface area contributed by atoms with E-state index in [1.807, 2.05) is 0 Å². The van der Waals surface area contributed by atoms with Crippen LogP contribution >= 0.6 is 11.8 Å². The number of likely N-dealkylation sites (tertiary alicyclic amines) is 1. The van der Waals surface area contributed by atoms with Crippen molar-refractivity contribution in [3.05, 3.63) is 47.2 Å². The minimum absolute atomic E-state index is 0.0229. The zero-order valence-electron chi connectivity index (χ0n) is 22.3. The lowest BCUT2D eigenvalue weighted by atomic mass is 9.78. The standard InChI is InChI=1S/C27H28F4N5O4S/c1-34-25(40)20-22(38)21(37)17(23(33)41-19(32)9-15-3-4-16(28)10-18(15)29)11-36(20,2)27(34)7-5-14(6-8-27)24(39)35-12-26(30,31)13-35/h3-4,10-11,14,20,32-33H,5-9,12-13H2,1-2H3/q+1. The van der Waals surface area contributed by atoms with E-state index in [0.717, 1.165) is 11.0 Å². The van der Waals surface area contributed by atoms with Crippen LogP contribution in [-0.4, -0.2) is 92.6 Å². The van der Waals surface area contributed by atoms with E-state index in [-0.39, 0.29) is 58.7 Å².